The van der Waals surface area contributed by atoms with Crippen LogP contribution >= 0.6 is 12.2 Å². The number of unbranched alkanes of at least 4 members (excludes halogenated alkanes) is 6. The molecule has 0 radical (unpaired) electrons. The monoisotopic (exact) mass is 382 g/mol. The van der Waals surface area contributed by atoms with Gasteiger partial charge in [-0.1, -0.05) is 0 Å². The van der Waals surface area contributed by atoms with E-state index >= 15 is 0 Å². The molecule has 0 aliphatic carbocycles. The second kappa shape index (κ2) is 12.4. The van der Waals surface area contributed by atoms with E-state index in [-0.39, 0.29) is 0 Å². The van der Waals surface area contributed by atoms with Crippen molar-refractivity contribution in [1.82, 2.24) is 0 Å². The third kappa shape index (κ3) is 10.9. The summed E-state index contributed by atoms with van der Waals surface area (Å²) >= 11 is 2.46. The Morgan fingerprint density at radius 3 is 1.12 bits per heavy atom. The maximum atomic E-state index is 4.29. The Balaban J connectivity index is 3.95. The topological polar surface area (TPSA) is 0 Å². The molecular formula is C15H33BrZr. The van der Waals surface area contributed by atoms with Crippen molar-refractivity contribution in [3.63, 3.8) is 0 Å². The van der Waals surface area contributed by atoms with Gasteiger partial charge in [0.25, 0.3) is 0 Å². The van der Waals surface area contributed by atoms with Crippen molar-refractivity contribution in [2.24, 2.45) is 0 Å². The zero-order valence-corrected chi connectivity index (χ0v) is 16.4. The summed E-state index contributed by atoms with van der Waals surface area (Å²) in [6, 6.07) is 0. The van der Waals surface area contributed by atoms with Crippen LogP contribution in [0.3, 0.4) is 0 Å². The van der Waals surface area contributed by atoms with Crippen LogP contribution in [0.25, 0.3) is 0 Å². The summed E-state index contributed by atoms with van der Waals surface area (Å²) < 4.78 is 4.78. The van der Waals surface area contributed by atoms with Crippen LogP contribution < -0.4 is 0 Å². The van der Waals surface area contributed by atoms with Gasteiger partial charge >= 0.3 is 121 Å². The van der Waals surface area contributed by atoms with Gasteiger partial charge in [0.15, 0.2) is 0 Å². The predicted octanol–water partition coefficient (Wildman–Crippen LogP) is 7.28. The Kier molecular flexibility index (Phi) is 13.4. The van der Waals surface area contributed by atoms with Crippen LogP contribution in [0.1, 0.15) is 78.6 Å². The van der Waals surface area contributed by atoms with E-state index in [1.165, 1.54) is 57.8 Å². The van der Waals surface area contributed by atoms with Crippen LogP contribution in [0, 0.1) is 0 Å². The molecule has 0 aliphatic rings. The molecule has 0 spiro atoms. The fraction of sp³-hybridized carbons (Fsp3) is 1.00. The minimum atomic E-state index is -1.82. The first-order valence-electron chi connectivity index (χ1n) is 7.87. The summed E-state index contributed by atoms with van der Waals surface area (Å²) in [5.41, 5.74) is 0. The van der Waals surface area contributed by atoms with Crippen molar-refractivity contribution in [3.8, 4) is 0 Å². The molecule has 0 bridgehead atoms. The molecule has 0 N–H and O–H groups in total. The van der Waals surface area contributed by atoms with Crippen LogP contribution in [0.5, 0.6) is 0 Å². The van der Waals surface area contributed by atoms with Crippen LogP contribution in [0.15, 0.2) is 0 Å². The Hall–Kier alpha value is 1.36. The first-order chi connectivity index (χ1) is 8.18. The molecule has 0 aromatic carbocycles. The summed E-state index contributed by atoms with van der Waals surface area (Å²) in [4.78, 5) is 0. The molecule has 0 amide bonds. The second-order valence-corrected chi connectivity index (χ2v) is 24.8. The Morgan fingerprint density at radius 1 is 0.588 bits per heavy atom. The Labute approximate surface area is 120 Å². The van der Waals surface area contributed by atoms with Gasteiger partial charge in [0.05, 0.1) is 0 Å². The SMILES string of the molecule is CCCC[CH2][Zr]([Br])([CH2]CCCC)[CH2]CCCC. The molecular weight excluding hydrogens is 351 g/mol. The standard InChI is InChI=1S/3C5H11.BrH.Zr/c3*1-3-5-4-2;;/h3*1,3-5H2,2H3;1H;/q;;;;+1/p-1. The van der Waals surface area contributed by atoms with Gasteiger partial charge in [0, 0.05) is 0 Å². The summed E-state index contributed by atoms with van der Waals surface area (Å²) in [5, 5.41) is 0. The van der Waals surface area contributed by atoms with Gasteiger partial charge in [-0.2, -0.15) is 0 Å². The van der Waals surface area contributed by atoms with E-state index in [4.69, 9.17) is 0 Å². The molecule has 104 valence electrons. The molecule has 0 saturated heterocycles. The van der Waals surface area contributed by atoms with E-state index in [0.717, 1.165) is 0 Å². The van der Waals surface area contributed by atoms with E-state index in [0.29, 0.717) is 0 Å². The van der Waals surface area contributed by atoms with E-state index in [9.17, 15) is 0 Å². The quantitative estimate of drug-likeness (QED) is 0.310. The van der Waals surface area contributed by atoms with Gasteiger partial charge in [-0.15, -0.1) is 0 Å². The van der Waals surface area contributed by atoms with Crippen molar-refractivity contribution in [2.45, 2.75) is 90.9 Å². The number of rotatable bonds is 12. The van der Waals surface area contributed by atoms with E-state index in [2.05, 4.69) is 33.0 Å². The number of hydrogen-bond donors (Lipinski definition) is 0. The fourth-order valence-electron chi connectivity index (χ4n) is 2.45. The molecule has 17 heavy (non-hydrogen) atoms. The van der Waals surface area contributed by atoms with Crippen molar-refractivity contribution >= 4 is 12.2 Å². The number of hydrogen-bond acceptors (Lipinski definition) is 0. The van der Waals surface area contributed by atoms with Gasteiger partial charge in [0.2, 0.25) is 0 Å². The van der Waals surface area contributed by atoms with Gasteiger partial charge in [-0.25, -0.2) is 0 Å². The first kappa shape index (κ1) is 18.4. The molecule has 0 atom stereocenters. The third-order valence-corrected chi connectivity index (χ3v) is 19.9. The normalized spacial score (nSPS) is 12.0. The predicted molar refractivity (Wildman–Crippen MR) is 81.9 cm³/mol. The molecule has 0 aromatic heterocycles. The Bertz CT molecular complexity index is 132. The summed E-state index contributed by atoms with van der Waals surface area (Å²) in [6.45, 7) is 6.96. The van der Waals surface area contributed by atoms with Crippen molar-refractivity contribution in [2.75, 3.05) is 0 Å². The Morgan fingerprint density at radius 2 is 0.882 bits per heavy atom. The molecule has 0 unspecified atom stereocenters. The van der Waals surface area contributed by atoms with Crippen LogP contribution in [-0.4, -0.2) is 0 Å². The molecule has 0 heterocycles. The average Bonchev–Trinajstić information content (AvgIpc) is 2.30. The van der Waals surface area contributed by atoms with Crippen molar-refractivity contribution < 1.29 is 17.9 Å². The molecule has 0 fully saturated rings. The molecule has 0 aliphatic heterocycles. The molecule has 0 saturated carbocycles. The summed E-state index contributed by atoms with van der Waals surface area (Å²) in [5.74, 6) is 0. The van der Waals surface area contributed by atoms with Gasteiger partial charge in [-0.05, 0) is 0 Å². The first-order valence-corrected chi connectivity index (χ1v) is 18.7. The molecule has 2 heteroatoms. The summed E-state index contributed by atoms with van der Waals surface area (Å²) in [7, 11) is 0. The van der Waals surface area contributed by atoms with Crippen LogP contribution in [0.2, 0.25) is 12.4 Å². The van der Waals surface area contributed by atoms with E-state index < -0.39 is 17.9 Å². The van der Waals surface area contributed by atoms with Gasteiger partial charge < -0.3 is 0 Å². The molecule has 0 rings (SSSR count). The summed E-state index contributed by atoms with van der Waals surface area (Å²) in [6.07, 6.45) is 13.0. The van der Waals surface area contributed by atoms with Crippen LogP contribution in [-0.2, 0) is 17.9 Å². The van der Waals surface area contributed by atoms with Crippen molar-refractivity contribution in [1.29, 1.82) is 0 Å². The maximum absolute atomic E-state index is 4.29. The second-order valence-electron chi connectivity index (χ2n) is 5.52. The molecule has 0 aromatic rings. The van der Waals surface area contributed by atoms with E-state index in [1.54, 1.807) is 12.4 Å². The van der Waals surface area contributed by atoms with Crippen LogP contribution in [0.4, 0.5) is 0 Å². The van der Waals surface area contributed by atoms with Gasteiger partial charge in [-0.3, -0.25) is 0 Å². The number of halogens is 1. The third-order valence-electron chi connectivity index (χ3n) is 3.69. The van der Waals surface area contributed by atoms with Crippen molar-refractivity contribution in [3.05, 3.63) is 0 Å². The fourth-order valence-corrected chi connectivity index (χ4v) is 15.8. The van der Waals surface area contributed by atoms with Gasteiger partial charge in [0.1, 0.15) is 0 Å². The zero-order valence-electron chi connectivity index (χ0n) is 12.4. The average molecular weight is 385 g/mol. The zero-order chi connectivity index (χ0) is 13.0. The van der Waals surface area contributed by atoms with E-state index in [1.807, 2.05) is 0 Å². The minimum absolute atomic E-state index is 1.37. The molecule has 0 nitrogen and oxygen atoms in total.